The van der Waals surface area contributed by atoms with Crippen LogP contribution in [0.15, 0.2) is 60.7 Å². The molecular weight excluding hydrogens is 424 g/mol. The minimum atomic E-state index is -0.359. The van der Waals surface area contributed by atoms with Crippen molar-refractivity contribution in [1.82, 2.24) is 15.0 Å². The number of carbonyl (C=O) groups is 1. The lowest BCUT2D eigenvalue weighted by atomic mass is 10.1. The van der Waals surface area contributed by atoms with Gasteiger partial charge in [-0.3, -0.25) is 4.79 Å². The summed E-state index contributed by atoms with van der Waals surface area (Å²) >= 11 is 0. The molecule has 0 aliphatic carbocycles. The number of carbonyl (C=O) groups excluding carboxylic acids is 1. The zero-order chi connectivity index (χ0) is 23.2. The predicted octanol–water partition coefficient (Wildman–Crippen LogP) is 2.99. The molecule has 4 aromatic rings. The molecule has 9 nitrogen and oxygen atoms in total. The number of hydrogen-bond donors (Lipinski definition) is 2. The Balaban J connectivity index is 1.54. The number of methoxy groups -OCH3 is 2. The second kappa shape index (κ2) is 10.0. The molecule has 1 aromatic heterocycles. The van der Waals surface area contributed by atoms with Gasteiger partial charge in [0.15, 0.2) is 6.61 Å². The molecule has 0 unspecified atom stereocenters. The normalized spacial score (nSPS) is 10.8. The first-order valence-electron chi connectivity index (χ1n) is 10.3. The highest BCUT2D eigenvalue weighted by atomic mass is 16.5. The molecule has 0 saturated carbocycles. The van der Waals surface area contributed by atoms with E-state index in [9.17, 15) is 9.90 Å². The number of hydrogen-bond acceptors (Lipinski definition) is 7. The third-order valence-corrected chi connectivity index (χ3v) is 4.97. The summed E-state index contributed by atoms with van der Waals surface area (Å²) in [4.78, 5) is 14.0. The molecule has 4 rings (SSSR count). The molecule has 0 fully saturated rings. The van der Waals surface area contributed by atoms with E-state index in [-0.39, 0.29) is 19.1 Å². The third-order valence-electron chi connectivity index (χ3n) is 4.97. The number of amides is 1. The Labute approximate surface area is 190 Å². The van der Waals surface area contributed by atoms with Gasteiger partial charge in [-0.05, 0) is 48.4 Å². The standard InChI is InChI=1S/C24H24N4O5/c1-31-17-8-9-20(23(14-17)32-2)25-24(30)15-33-22-10-7-16(11-12-29)13-21(22)28-26-18-5-3-4-6-19(18)27-28/h3-10,13-14,29H,11-12,15H2,1-2H3,(H,25,30). The first-order chi connectivity index (χ1) is 16.1. The summed E-state index contributed by atoms with van der Waals surface area (Å²) in [5, 5.41) is 21.1. The molecule has 0 radical (unpaired) electrons. The van der Waals surface area contributed by atoms with E-state index in [4.69, 9.17) is 14.2 Å². The summed E-state index contributed by atoms with van der Waals surface area (Å²) in [5.74, 6) is 1.17. The predicted molar refractivity (Wildman–Crippen MR) is 123 cm³/mol. The van der Waals surface area contributed by atoms with Gasteiger partial charge in [-0.1, -0.05) is 18.2 Å². The largest absolute Gasteiger partial charge is 0.497 e. The summed E-state index contributed by atoms with van der Waals surface area (Å²) in [6, 6.07) is 18.0. The Morgan fingerprint density at radius 2 is 1.73 bits per heavy atom. The van der Waals surface area contributed by atoms with E-state index >= 15 is 0 Å². The number of aliphatic hydroxyl groups excluding tert-OH is 1. The van der Waals surface area contributed by atoms with Crippen LogP contribution in [-0.4, -0.2) is 53.4 Å². The van der Waals surface area contributed by atoms with Crippen LogP contribution in [0.25, 0.3) is 16.7 Å². The summed E-state index contributed by atoms with van der Waals surface area (Å²) in [7, 11) is 3.07. The molecular formula is C24H24N4O5. The van der Waals surface area contributed by atoms with Crippen molar-refractivity contribution in [3.63, 3.8) is 0 Å². The smallest absolute Gasteiger partial charge is 0.262 e. The Morgan fingerprint density at radius 3 is 2.39 bits per heavy atom. The molecule has 9 heteroatoms. The SMILES string of the molecule is COc1ccc(NC(=O)COc2ccc(CCO)cc2-n2nc3ccccc3n2)c(OC)c1. The van der Waals surface area contributed by atoms with Gasteiger partial charge in [-0.25, -0.2) is 0 Å². The molecule has 2 N–H and O–H groups in total. The summed E-state index contributed by atoms with van der Waals surface area (Å²) < 4.78 is 16.3. The zero-order valence-electron chi connectivity index (χ0n) is 18.3. The Bertz CT molecular complexity index is 1240. The quantitative estimate of drug-likeness (QED) is 0.405. The second-order valence-corrected chi connectivity index (χ2v) is 7.16. The van der Waals surface area contributed by atoms with Crippen LogP contribution in [0.5, 0.6) is 17.2 Å². The lowest BCUT2D eigenvalue weighted by Gasteiger charge is -2.14. The monoisotopic (exact) mass is 448 g/mol. The van der Waals surface area contributed by atoms with Crippen LogP contribution in [0.3, 0.4) is 0 Å². The molecule has 0 bridgehead atoms. The van der Waals surface area contributed by atoms with Crippen molar-refractivity contribution in [3.05, 3.63) is 66.2 Å². The van der Waals surface area contributed by atoms with Crippen LogP contribution >= 0.6 is 0 Å². The van der Waals surface area contributed by atoms with Crippen LogP contribution in [0.4, 0.5) is 5.69 Å². The Hall–Kier alpha value is -4.11. The minimum Gasteiger partial charge on any atom is -0.497 e. The van der Waals surface area contributed by atoms with E-state index in [2.05, 4.69) is 15.5 Å². The van der Waals surface area contributed by atoms with Crippen molar-refractivity contribution in [3.8, 4) is 22.9 Å². The van der Waals surface area contributed by atoms with Gasteiger partial charge in [0.2, 0.25) is 0 Å². The van der Waals surface area contributed by atoms with Gasteiger partial charge in [-0.15, -0.1) is 15.0 Å². The number of benzene rings is 3. The van der Waals surface area contributed by atoms with Gasteiger partial charge in [0.05, 0.1) is 19.9 Å². The molecule has 170 valence electrons. The fraction of sp³-hybridized carbons (Fsp3) is 0.208. The fourth-order valence-electron chi connectivity index (χ4n) is 3.32. The van der Waals surface area contributed by atoms with E-state index in [0.717, 1.165) is 16.6 Å². The minimum absolute atomic E-state index is 0.0141. The summed E-state index contributed by atoms with van der Waals surface area (Å²) in [5.41, 5.74) is 3.45. The first-order valence-corrected chi connectivity index (χ1v) is 10.3. The van der Waals surface area contributed by atoms with Crippen LogP contribution in [0, 0.1) is 0 Å². The van der Waals surface area contributed by atoms with Crippen LogP contribution in [0.2, 0.25) is 0 Å². The number of nitrogens with one attached hydrogen (secondary N) is 1. The number of rotatable bonds is 9. The molecule has 0 atom stereocenters. The lowest BCUT2D eigenvalue weighted by Crippen LogP contribution is -2.21. The number of aromatic nitrogens is 3. The molecule has 0 aliphatic rings. The lowest BCUT2D eigenvalue weighted by molar-refractivity contribution is -0.118. The first kappa shape index (κ1) is 22.1. The maximum Gasteiger partial charge on any atom is 0.262 e. The number of ether oxygens (including phenoxy) is 3. The molecule has 1 amide bonds. The van der Waals surface area contributed by atoms with E-state index in [1.807, 2.05) is 36.4 Å². The summed E-state index contributed by atoms with van der Waals surface area (Å²) in [6.07, 6.45) is 0.478. The molecule has 0 saturated heterocycles. The van der Waals surface area contributed by atoms with Gasteiger partial charge < -0.3 is 24.6 Å². The fourth-order valence-corrected chi connectivity index (χ4v) is 3.32. The van der Waals surface area contributed by atoms with Crippen molar-refractivity contribution in [1.29, 1.82) is 0 Å². The maximum absolute atomic E-state index is 12.6. The van der Waals surface area contributed by atoms with E-state index in [1.54, 1.807) is 31.4 Å². The molecule has 1 heterocycles. The van der Waals surface area contributed by atoms with Crippen LogP contribution < -0.4 is 19.5 Å². The van der Waals surface area contributed by atoms with Gasteiger partial charge in [0.1, 0.15) is 34.0 Å². The average molecular weight is 448 g/mol. The van der Waals surface area contributed by atoms with E-state index < -0.39 is 0 Å². The van der Waals surface area contributed by atoms with Crippen LogP contribution in [-0.2, 0) is 11.2 Å². The van der Waals surface area contributed by atoms with Crippen molar-refractivity contribution in [2.45, 2.75) is 6.42 Å². The highest BCUT2D eigenvalue weighted by Gasteiger charge is 2.14. The van der Waals surface area contributed by atoms with Gasteiger partial charge >= 0.3 is 0 Å². The van der Waals surface area contributed by atoms with Crippen molar-refractivity contribution < 1.29 is 24.1 Å². The van der Waals surface area contributed by atoms with E-state index in [1.165, 1.54) is 11.9 Å². The number of anilines is 1. The van der Waals surface area contributed by atoms with E-state index in [0.29, 0.717) is 35.0 Å². The molecule has 3 aromatic carbocycles. The second-order valence-electron chi connectivity index (χ2n) is 7.16. The van der Waals surface area contributed by atoms with Gasteiger partial charge in [0.25, 0.3) is 5.91 Å². The molecule has 0 spiro atoms. The van der Waals surface area contributed by atoms with Gasteiger partial charge in [-0.2, -0.15) is 0 Å². The molecule has 0 aliphatic heterocycles. The summed E-state index contributed by atoms with van der Waals surface area (Å²) in [6.45, 7) is -0.220. The number of aliphatic hydroxyl groups is 1. The van der Waals surface area contributed by atoms with Gasteiger partial charge in [0, 0.05) is 12.7 Å². The Kier molecular flexibility index (Phi) is 6.70. The van der Waals surface area contributed by atoms with Crippen LogP contribution in [0.1, 0.15) is 5.56 Å². The number of fused-ring (bicyclic) bond motifs is 1. The highest BCUT2D eigenvalue weighted by molar-refractivity contribution is 5.93. The number of nitrogens with zero attached hydrogens (tertiary/aromatic N) is 3. The topological polar surface area (TPSA) is 108 Å². The Morgan fingerprint density at radius 1 is 0.970 bits per heavy atom. The van der Waals surface area contributed by atoms with Crippen molar-refractivity contribution in [2.75, 3.05) is 32.8 Å². The maximum atomic E-state index is 12.6. The van der Waals surface area contributed by atoms with Crippen molar-refractivity contribution >= 4 is 22.6 Å². The highest BCUT2D eigenvalue weighted by Crippen LogP contribution is 2.29. The van der Waals surface area contributed by atoms with Crippen molar-refractivity contribution in [2.24, 2.45) is 0 Å². The average Bonchev–Trinajstić information content (AvgIpc) is 3.28. The molecule has 33 heavy (non-hydrogen) atoms. The zero-order valence-corrected chi connectivity index (χ0v) is 18.3. The third kappa shape index (κ3) is 5.04.